The van der Waals surface area contributed by atoms with Crippen LogP contribution in [0.1, 0.15) is 17.5 Å². The smallest absolute Gasteiger partial charge is 0.0643 e. The Morgan fingerprint density at radius 2 is 2.12 bits per heavy atom. The zero-order valence-electron chi connectivity index (χ0n) is 9.95. The number of benzene rings is 1. The quantitative estimate of drug-likeness (QED) is 0.744. The summed E-state index contributed by atoms with van der Waals surface area (Å²) in [4.78, 5) is 3.66. The third-order valence-corrected chi connectivity index (χ3v) is 4.53. The van der Waals surface area contributed by atoms with Crippen molar-refractivity contribution in [2.75, 3.05) is 17.7 Å². The van der Waals surface area contributed by atoms with Crippen LogP contribution in [0.4, 0.5) is 5.69 Å². The molecule has 1 heterocycles. The van der Waals surface area contributed by atoms with Crippen LogP contribution in [0.25, 0.3) is 0 Å². The van der Waals surface area contributed by atoms with E-state index in [1.807, 2.05) is 11.8 Å². The first kappa shape index (κ1) is 11.3. The first-order valence-corrected chi connectivity index (χ1v) is 6.46. The summed E-state index contributed by atoms with van der Waals surface area (Å²) >= 11 is 1.89. The lowest BCUT2D eigenvalue weighted by molar-refractivity contribution is 0.695. The van der Waals surface area contributed by atoms with Crippen LogP contribution in [-0.4, -0.2) is 18.8 Å². The Labute approximate surface area is 101 Å². The van der Waals surface area contributed by atoms with Gasteiger partial charge in [0.25, 0.3) is 0 Å². The molecule has 1 atom stereocenters. The Morgan fingerprint density at radius 3 is 2.81 bits per heavy atom. The number of fused-ring (bicyclic) bond motifs is 1. The summed E-state index contributed by atoms with van der Waals surface area (Å²) in [5.74, 6) is 1.02. The topological polar surface area (TPSA) is 27.0 Å². The van der Waals surface area contributed by atoms with E-state index >= 15 is 0 Å². The van der Waals surface area contributed by atoms with Gasteiger partial charge in [-0.05, 0) is 25.0 Å². The van der Waals surface area contributed by atoms with Gasteiger partial charge in [-0.1, -0.05) is 12.1 Å². The molecule has 2 rings (SSSR count). The molecule has 0 saturated carbocycles. The molecule has 0 radical (unpaired) electrons. The van der Waals surface area contributed by atoms with Gasteiger partial charge in [-0.25, -0.2) is 0 Å². The summed E-state index contributed by atoms with van der Waals surface area (Å²) in [6.45, 7) is 4.30. The Bertz CT molecular complexity index is 448. The number of hydrogen-bond donors (Lipinski definition) is 0. The van der Waals surface area contributed by atoms with E-state index in [0.29, 0.717) is 12.5 Å². The molecule has 2 nitrogen and oxygen atoms in total. The van der Waals surface area contributed by atoms with Gasteiger partial charge in [0, 0.05) is 17.7 Å². The summed E-state index contributed by atoms with van der Waals surface area (Å²) in [6, 6.07) is 6.97. The monoisotopic (exact) mass is 232 g/mol. The lowest BCUT2D eigenvalue weighted by atomic mass is 10.1. The molecule has 84 valence electrons. The van der Waals surface area contributed by atoms with Crippen molar-refractivity contribution in [3.8, 4) is 6.07 Å². The molecule has 0 bridgehead atoms. The van der Waals surface area contributed by atoms with Gasteiger partial charge in [-0.15, -0.1) is 11.8 Å². The van der Waals surface area contributed by atoms with E-state index in [1.165, 1.54) is 21.7 Å². The van der Waals surface area contributed by atoms with Gasteiger partial charge in [0.05, 0.1) is 24.2 Å². The fourth-order valence-electron chi connectivity index (χ4n) is 2.17. The van der Waals surface area contributed by atoms with Gasteiger partial charge in [0.2, 0.25) is 0 Å². The van der Waals surface area contributed by atoms with Crippen molar-refractivity contribution in [3.63, 3.8) is 0 Å². The number of nitriles is 1. The highest BCUT2D eigenvalue weighted by Crippen LogP contribution is 2.41. The summed E-state index contributed by atoms with van der Waals surface area (Å²) in [7, 11) is 2.10. The Balaban J connectivity index is 2.44. The van der Waals surface area contributed by atoms with Gasteiger partial charge in [-0.2, -0.15) is 5.26 Å². The molecule has 3 heteroatoms. The normalized spacial score (nSPS) is 19.1. The van der Waals surface area contributed by atoms with E-state index in [1.54, 1.807) is 0 Å². The molecule has 1 aliphatic rings. The van der Waals surface area contributed by atoms with E-state index in [9.17, 15) is 0 Å². The van der Waals surface area contributed by atoms with Gasteiger partial charge in [-0.3, -0.25) is 0 Å². The zero-order chi connectivity index (χ0) is 11.7. The summed E-state index contributed by atoms with van der Waals surface area (Å²) in [5.41, 5.74) is 3.96. The van der Waals surface area contributed by atoms with Gasteiger partial charge >= 0.3 is 0 Å². The van der Waals surface area contributed by atoms with Crippen LogP contribution >= 0.6 is 11.8 Å². The highest BCUT2D eigenvalue weighted by atomic mass is 32.2. The van der Waals surface area contributed by atoms with Crippen LogP contribution in [0.3, 0.4) is 0 Å². The largest absolute Gasteiger partial charge is 0.369 e. The molecule has 0 saturated heterocycles. The van der Waals surface area contributed by atoms with Crippen molar-refractivity contribution >= 4 is 17.4 Å². The minimum absolute atomic E-state index is 0.350. The van der Waals surface area contributed by atoms with E-state index in [2.05, 4.69) is 44.0 Å². The number of thioether (sulfide) groups is 1. The number of nitrogens with zero attached hydrogens (tertiary/aromatic N) is 2. The van der Waals surface area contributed by atoms with Crippen molar-refractivity contribution in [2.45, 2.75) is 31.2 Å². The zero-order valence-corrected chi connectivity index (χ0v) is 10.8. The lowest BCUT2D eigenvalue weighted by Crippen LogP contribution is -2.37. The fourth-order valence-corrected chi connectivity index (χ4v) is 3.60. The van der Waals surface area contributed by atoms with Crippen LogP contribution in [0, 0.1) is 25.2 Å². The van der Waals surface area contributed by atoms with Gasteiger partial charge < -0.3 is 4.90 Å². The van der Waals surface area contributed by atoms with E-state index in [0.717, 1.165) is 5.75 Å². The minimum Gasteiger partial charge on any atom is -0.369 e. The van der Waals surface area contributed by atoms with E-state index in [4.69, 9.17) is 5.26 Å². The third-order valence-electron chi connectivity index (χ3n) is 3.18. The molecule has 1 unspecified atom stereocenters. The van der Waals surface area contributed by atoms with Crippen LogP contribution in [0.5, 0.6) is 0 Å². The Morgan fingerprint density at radius 1 is 1.44 bits per heavy atom. The fraction of sp³-hybridized carbons (Fsp3) is 0.462. The molecule has 1 aromatic rings. The maximum Gasteiger partial charge on any atom is 0.0643 e. The molecule has 0 amide bonds. The Kier molecular flexibility index (Phi) is 3.11. The maximum atomic E-state index is 8.82. The molecule has 0 aromatic heterocycles. The number of hydrogen-bond acceptors (Lipinski definition) is 3. The predicted molar refractivity (Wildman–Crippen MR) is 69.1 cm³/mol. The number of aryl methyl sites for hydroxylation is 2. The SMILES string of the molecule is Cc1ccc(C)c2c1SCC(CC#N)N2C. The minimum atomic E-state index is 0.350. The van der Waals surface area contributed by atoms with E-state index in [-0.39, 0.29) is 0 Å². The van der Waals surface area contributed by atoms with Crippen LogP contribution in [0.2, 0.25) is 0 Å². The third kappa shape index (κ3) is 1.78. The molecular formula is C13H16N2S. The molecule has 1 aromatic carbocycles. The van der Waals surface area contributed by atoms with Crippen molar-refractivity contribution in [2.24, 2.45) is 0 Å². The van der Waals surface area contributed by atoms with Crippen LogP contribution < -0.4 is 4.90 Å². The maximum absolute atomic E-state index is 8.82. The average Bonchev–Trinajstić information content (AvgIpc) is 2.27. The van der Waals surface area contributed by atoms with Gasteiger partial charge in [0.15, 0.2) is 0 Å². The highest BCUT2D eigenvalue weighted by Gasteiger charge is 2.26. The van der Waals surface area contributed by atoms with Gasteiger partial charge in [0.1, 0.15) is 0 Å². The Hall–Kier alpha value is -1.14. The summed E-state index contributed by atoms with van der Waals surface area (Å²) in [6.07, 6.45) is 0.607. The predicted octanol–water partition coefficient (Wildman–Crippen LogP) is 3.13. The lowest BCUT2D eigenvalue weighted by Gasteiger charge is -2.36. The molecule has 16 heavy (non-hydrogen) atoms. The second kappa shape index (κ2) is 4.39. The van der Waals surface area contributed by atoms with E-state index < -0.39 is 0 Å². The first-order chi connectivity index (χ1) is 7.65. The summed E-state index contributed by atoms with van der Waals surface area (Å²) < 4.78 is 0. The second-order valence-corrected chi connectivity index (χ2v) is 5.35. The standard InChI is InChI=1S/C13H16N2S/c1-9-4-5-10(2)13-12(9)15(3)11(6-7-14)8-16-13/h4-5,11H,6,8H2,1-3H3. The summed E-state index contributed by atoms with van der Waals surface area (Å²) in [5, 5.41) is 8.82. The molecule has 0 fully saturated rings. The average molecular weight is 232 g/mol. The van der Waals surface area contributed by atoms with Crippen LogP contribution in [-0.2, 0) is 0 Å². The molecular weight excluding hydrogens is 216 g/mol. The number of rotatable bonds is 1. The van der Waals surface area contributed by atoms with Crippen molar-refractivity contribution in [3.05, 3.63) is 23.3 Å². The highest BCUT2D eigenvalue weighted by molar-refractivity contribution is 7.99. The van der Waals surface area contributed by atoms with Crippen LogP contribution in [0.15, 0.2) is 17.0 Å². The molecule has 0 spiro atoms. The van der Waals surface area contributed by atoms with Crippen molar-refractivity contribution < 1.29 is 0 Å². The molecule has 1 aliphatic heterocycles. The van der Waals surface area contributed by atoms with Crippen molar-refractivity contribution in [1.82, 2.24) is 0 Å². The second-order valence-electron chi connectivity index (χ2n) is 4.32. The number of anilines is 1. The molecule has 0 aliphatic carbocycles. The molecule has 0 N–H and O–H groups in total. The first-order valence-electron chi connectivity index (χ1n) is 5.48. The van der Waals surface area contributed by atoms with Crippen molar-refractivity contribution in [1.29, 1.82) is 5.26 Å².